The van der Waals surface area contributed by atoms with E-state index in [1.807, 2.05) is 60.7 Å². The SMILES string of the molecule is OC1(C(c2ccccc2)(c2ccccc2)c2ccc(C(F)(F)F)cc2)CNC1. The van der Waals surface area contributed by atoms with Crippen molar-refractivity contribution in [2.75, 3.05) is 13.1 Å². The van der Waals surface area contributed by atoms with Crippen LogP contribution in [-0.4, -0.2) is 23.8 Å². The third-order valence-corrected chi connectivity index (χ3v) is 5.59. The fourth-order valence-electron chi connectivity index (χ4n) is 4.22. The molecule has 5 heteroatoms. The highest BCUT2D eigenvalue weighted by Gasteiger charge is 2.57. The number of aliphatic hydroxyl groups is 1. The first-order valence-corrected chi connectivity index (χ1v) is 9.10. The summed E-state index contributed by atoms with van der Waals surface area (Å²) < 4.78 is 39.3. The summed E-state index contributed by atoms with van der Waals surface area (Å²) in [6, 6.07) is 24.1. The summed E-state index contributed by atoms with van der Waals surface area (Å²) in [6.45, 7) is 0.690. The van der Waals surface area contributed by atoms with E-state index in [-0.39, 0.29) is 0 Å². The van der Waals surface area contributed by atoms with Crippen LogP contribution in [0.1, 0.15) is 22.3 Å². The van der Waals surface area contributed by atoms with E-state index < -0.39 is 22.8 Å². The zero-order chi connectivity index (χ0) is 19.8. The molecule has 1 aliphatic heterocycles. The number of β-amino-alcohol motifs (C(OH)–C–C–N with tert-alkyl or cyclic N) is 1. The second-order valence-electron chi connectivity index (χ2n) is 7.19. The molecule has 3 aromatic rings. The first-order chi connectivity index (χ1) is 13.4. The van der Waals surface area contributed by atoms with E-state index in [9.17, 15) is 18.3 Å². The van der Waals surface area contributed by atoms with Crippen LogP contribution in [0.2, 0.25) is 0 Å². The zero-order valence-electron chi connectivity index (χ0n) is 15.1. The van der Waals surface area contributed by atoms with Gasteiger partial charge in [-0.25, -0.2) is 0 Å². The maximum atomic E-state index is 13.1. The Labute approximate surface area is 161 Å². The summed E-state index contributed by atoms with van der Waals surface area (Å²) in [5, 5.41) is 14.7. The molecule has 1 aliphatic rings. The minimum absolute atomic E-state index is 0.345. The fourth-order valence-corrected chi connectivity index (χ4v) is 4.22. The van der Waals surface area contributed by atoms with Crippen LogP contribution in [0.4, 0.5) is 13.2 Å². The van der Waals surface area contributed by atoms with Gasteiger partial charge in [0.15, 0.2) is 0 Å². The van der Waals surface area contributed by atoms with Gasteiger partial charge in [0.1, 0.15) is 5.60 Å². The van der Waals surface area contributed by atoms with E-state index >= 15 is 0 Å². The minimum Gasteiger partial charge on any atom is -0.386 e. The van der Waals surface area contributed by atoms with Crippen molar-refractivity contribution in [1.82, 2.24) is 5.32 Å². The molecular formula is C23H20F3NO. The maximum absolute atomic E-state index is 13.1. The molecule has 1 fully saturated rings. The standard InChI is InChI=1S/C23H20F3NO/c24-23(25,26)20-13-11-19(12-14-20)22(21(28)15-27-16-21,17-7-3-1-4-8-17)18-9-5-2-6-10-18/h1-14,27-28H,15-16H2. The summed E-state index contributed by atoms with van der Waals surface area (Å²) in [5.41, 5.74) is -0.567. The summed E-state index contributed by atoms with van der Waals surface area (Å²) in [5.74, 6) is 0. The van der Waals surface area contributed by atoms with Gasteiger partial charge in [0.2, 0.25) is 0 Å². The number of benzene rings is 3. The Morgan fingerprint density at radius 3 is 1.39 bits per heavy atom. The average Bonchev–Trinajstić information content (AvgIpc) is 2.69. The van der Waals surface area contributed by atoms with E-state index in [1.165, 1.54) is 12.1 Å². The number of halogens is 3. The quantitative estimate of drug-likeness (QED) is 0.656. The number of hydrogen-bond acceptors (Lipinski definition) is 2. The van der Waals surface area contributed by atoms with Crippen molar-refractivity contribution in [1.29, 1.82) is 0 Å². The Morgan fingerprint density at radius 2 is 1.04 bits per heavy atom. The van der Waals surface area contributed by atoms with Gasteiger partial charge in [0.25, 0.3) is 0 Å². The third-order valence-electron chi connectivity index (χ3n) is 5.59. The predicted octanol–water partition coefficient (Wildman–Crippen LogP) is 4.37. The van der Waals surface area contributed by atoms with Crippen molar-refractivity contribution in [2.45, 2.75) is 17.2 Å². The lowest BCUT2D eigenvalue weighted by atomic mass is 9.57. The van der Waals surface area contributed by atoms with Crippen LogP contribution in [0.5, 0.6) is 0 Å². The van der Waals surface area contributed by atoms with Gasteiger partial charge in [-0.05, 0) is 28.8 Å². The number of alkyl halides is 3. The molecule has 4 rings (SSSR count). The Morgan fingerprint density at radius 1 is 0.643 bits per heavy atom. The molecule has 0 aromatic heterocycles. The smallest absolute Gasteiger partial charge is 0.386 e. The van der Waals surface area contributed by atoms with Gasteiger partial charge in [-0.1, -0.05) is 72.8 Å². The first kappa shape index (κ1) is 18.7. The van der Waals surface area contributed by atoms with Crippen molar-refractivity contribution < 1.29 is 18.3 Å². The molecule has 144 valence electrons. The van der Waals surface area contributed by atoms with E-state index in [4.69, 9.17) is 0 Å². The lowest BCUT2D eigenvalue weighted by Crippen LogP contribution is -2.71. The largest absolute Gasteiger partial charge is 0.416 e. The molecule has 3 aromatic carbocycles. The van der Waals surface area contributed by atoms with Gasteiger partial charge in [-0.2, -0.15) is 13.2 Å². The Kier molecular flexibility index (Phi) is 4.52. The van der Waals surface area contributed by atoms with E-state index in [0.29, 0.717) is 18.7 Å². The van der Waals surface area contributed by atoms with Crippen molar-refractivity contribution in [3.63, 3.8) is 0 Å². The molecule has 1 heterocycles. The van der Waals surface area contributed by atoms with Crippen LogP contribution in [0.15, 0.2) is 84.9 Å². The molecule has 0 radical (unpaired) electrons. The van der Waals surface area contributed by atoms with Crippen molar-refractivity contribution in [3.8, 4) is 0 Å². The second kappa shape index (κ2) is 6.76. The lowest BCUT2D eigenvalue weighted by Gasteiger charge is -2.54. The summed E-state index contributed by atoms with van der Waals surface area (Å²) in [6.07, 6.45) is -4.41. The van der Waals surface area contributed by atoms with Gasteiger partial charge < -0.3 is 10.4 Å². The van der Waals surface area contributed by atoms with Crippen molar-refractivity contribution >= 4 is 0 Å². The molecule has 2 nitrogen and oxygen atoms in total. The Balaban J connectivity index is 2.01. The summed E-state index contributed by atoms with van der Waals surface area (Å²) in [7, 11) is 0. The summed E-state index contributed by atoms with van der Waals surface area (Å²) >= 11 is 0. The second-order valence-corrected chi connectivity index (χ2v) is 7.19. The number of nitrogens with one attached hydrogen (secondary N) is 1. The van der Waals surface area contributed by atoms with Gasteiger partial charge in [-0.15, -0.1) is 0 Å². The number of hydrogen-bond donors (Lipinski definition) is 2. The molecule has 0 atom stereocenters. The highest BCUT2D eigenvalue weighted by molar-refractivity contribution is 5.55. The molecule has 0 amide bonds. The molecule has 0 bridgehead atoms. The zero-order valence-corrected chi connectivity index (χ0v) is 15.1. The van der Waals surface area contributed by atoms with Gasteiger partial charge in [0, 0.05) is 13.1 Å². The monoisotopic (exact) mass is 383 g/mol. The predicted molar refractivity (Wildman–Crippen MR) is 102 cm³/mol. The van der Waals surface area contributed by atoms with Gasteiger partial charge in [0.05, 0.1) is 11.0 Å². The highest BCUT2D eigenvalue weighted by Crippen LogP contribution is 2.49. The molecule has 1 saturated heterocycles. The number of rotatable bonds is 4. The lowest BCUT2D eigenvalue weighted by molar-refractivity contribution is -0.137. The maximum Gasteiger partial charge on any atom is 0.416 e. The molecule has 2 N–H and O–H groups in total. The third kappa shape index (κ3) is 2.82. The first-order valence-electron chi connectivity index (χ1n) is 9.10. The topological polar surface area (TPSA) is 32.3 Å². The van der Waals surface area contributed by atoms with E-state index in [1.54, 1.807) is 0 Å². The van der Waals surface area contributed by atoms with Gasteiger partial charge in [-0.3, -0.25) is 0 Å². The van der Waals surface area contributed by atoms with Crippen molar-refractivity contribution in [3.05, 3.63) is 107 Å². The fraction of sp³-hybridized carbons (Fsp3) is 0.217. The highest BCUT2D eigenvalue weighted by atomic mass is 19.4. The Bertz CT molecular complexity index is 894. The van der Waals surface area contributed by atoms with Crippen LogP contribution < -0.4 is 5.32 Å². The average molecular weight is 383 g/mol. The minimum atomic E-state index is -4.41. The Hall–Kier alpha value is -2.63. The molecule has 28 heavy (non-hydrogen) atoms. The molecule has 0 aliphatic carbocycles. The van der Waals surface area contributed by atoms with Crippen LogP contribution in [0, 0.1) is 0 Å². The van der Waals surface area contributed by atoms with Crippen LogP contribution in [0.25, 0.3) is 0 Å². The van der Waals surface area contributed by atoms with Crippen molar-refractivity contribution in [2.24, 2.45) is 0 Å². The molecule has 0 spiro atoms. The van der Waals surface area contributed by atoms with Crippen LogP contribution >= 0.6 is 0 Å². The van der Waals surface area contributed by atoms with Crippen LogP contribution in [-0.2, 0) is 11.6 Å². The normalized spacial score (nSPS) is 16.4. The van der Waals surface area contributed by atoms with E-state index in [2.05, 4.69) is 5.32 Å². The van der Waals surface area contributed by atoms with Gasteiger partial charge >= 0.3 is 6.18 Å². The summed E-state index contributed by atoms with van der Waals surface area (Å²) in [4.78, 5) is 0. The molecule has 0 saturated carbocycles. The van der Waals surface area contributed by atoms with E-state index in [0.717, 1.165) is 23.3 Å². The molecular weight excluding hydrogens is 363 g/mol. The molecule has 0 unspecified atom stereocenters. The van der Waals surface area contributed by atoms with Crippen LogP contribution in [0.3, 0.4) is 0 Å².